The van der Waals surface area contributed by atoms with Gasteiger partial charge >= 0.3 is 0 Å². The lowest BCUT2D eigenvalue weighted by Gasteiger charge is -2.33. The maximum absolute atomic E-state index is 12.3. The highest BCUT2D eigenvalue weighted by Crippen LogP contribution is 2.22. The van der Waals surface area contributed by atoms with Crippen LogP contribution in [0.25, 0.3) is 10.8 Å². The van der Waals surface area contributed by atoms with Gasteiger partial charge in [-0.15, -0.1) is 12.4 Å². The van der Waals surface area contributed by atoms with Crippen molar-refractivity contribution in [2.45, 2.75) is 13.0 Å². The molecule has 1 aliphatic rings. The Hall–Kier alpha value is -1.62. The van der Waals surface area contributed by atoms with Crippen molar-refractivity contribution in [3.63, 3.8) is 0 Å². The van der Waals surface area contributed by atoms with E-state index in [9.17, 15) is 4.79 Å². The Morgan fingerprint density at radius 2 is 2.05 bits per heavy atom. The molecule has 0 unspecified atom stereocenters. The zero-order chi connectivity index (χ0) is 14.7. The molecule has 2 N–H and O–H groups in total. The van der Waals surface area contributed by atoms with E-state index in [-0.39, 0.29) is 18.3 Å². The summed E-state index contributed by atoms with van der Waals surface area (Å²) >= 11 is 0. The summed E-state index contributed by atoms with van der Waals surface area (Å²) in [4.78, 5) is 14.5. The predicted octanol–water partition coefficient (Wildman–Crippen LogP) is 2.49. The van der Waals surface area contributed by atoms with E-state index in [0.29, 0.717) is 12.6 Å². The number of anilines is 1. The summed E-state index contributed by atoms with van der Waals surface area (Å²) < 4.78 is 0. The molecule has 0 saturated carbocycles. The number of halogens is 1. The van der Waals surface area contributed by atoms with Crippen LogP contribution in [-0.4, -0.2) is 43.0 Å². The van der Waals surface area contributed by atoms with Crippen molar-refractivity contribution < 1.29 is 4.79 Å². The van der Waals surface area contributed by atoms with Crippen molar-refractivity contribution >= 4 is 34.8 Å². The molecular formula is C17H22ClN3O. The third kappa shape index (κ3) is 3.77. The highest BCUT2D eigenvalue weighted by atomic mass is 35.5. The minimum Gasteiger partial charge on any atom is -0.324 e. The molecule has 0 bridgehead atoms. The van der Waals surface area contributed by atoms with Crippen LogP contribution in [0, 0.1) is 0 Å². The van der Waals surface area contributed by atoms with Crippen LogP contribution in [0.1, 0.15) is 6.92 Å². The standard InChI is InChI=1S/C17H21N3O.ClH/c1-13-11-18-9-10-20(13)12-17(21)19-16-8-4-6-14-5-2-3-7-15(14)16;/h2-8,13,18H,9-12H2,1H3,(H,19,21);1H/t13-;/m0./s1. The first-order chi connectivity index (χ1) is 10.2. The fraction of sp³-hybridized carbons (Fsp3) is 0.353. The molecule has 22 heavy (non-hydrogen) atoms. The monoisotopic (exact) mass is 319 g/mol. The summed E-state index contributed by atoms with van der Waals surface area (Å²) in [6, 6.07) is 14.5. The van der Waals surface area contributed by atoms with Crippen LogP contribution in [0.4, 0.5) is 5.69 Å². The van der Waals surface area contributed by atoms with Crippen LogP contribution in [0.3, 0.4) is 0 Å². The number of carbonyl (C=O) groups is 1. The quantitative estimate of drug-likeness (QED) is 0.913. The summed E-state index contributed by atoms with van der Waals surface area (Å²) in [6.07, 6.45) is 0. The highest BCUT2D eigenvalue weighted by Gasteiger charge is 2.20. The molecule has 118 valence electrons. The lowest BCUT2D eigenvalue weighted by Crippen LogP contribution is -2.51. The Bertz CT molecular complexity index is 641. The Morgan fingerprint density at radius 1 is 1.27 bits per heavy atom. The summed E-state index contributed by atoms with van der Waals surface area (Å²) in [5.74, 6) is 0.0557. The molecule has 2 aromatic rings. The number of fused-ring (bicyclic) bond motifs is 1. The molecule has 0 radical (unpaired) electrons. The fourth-order valence-corrected chi connectivity index (χ4v) is 2.83. The number of carbonyl (C=O) groups excluding carboxylic acids is 1. The van der Waals surface area contributed by atoms with Crippen molar-refractivity contribution in [3.05, 3.63) is 42.5 Å². The molecule has 1 atom stereocenters. The third-order valence-corrected chi connectivity index (χ3v) is 4.05. The zero-order valence-electron chi connectivity index (χ0n) is 12.7. The largest absolute Gasteiger partial charge is 0.324 e. The maximum atomic E-state index is 12.3. The van der Waals surface area contributed by atoms with Crippen LogP contribution >= 0.6 is 12.4 Å². The fourth-order valence-electron chi connectivity index (χ4n) is 2.83. The molecule has 5 heteroatoms. The van der Waals surface area contributed by atoms with Gasteiger partial charge in [0, 0.05) is 36.7 Å². The number of hydrogen-bond donors (Lipinski definition) is 2. The molecule has 2 aromatic carbocycles. The predicted molar refractivity (Wildman–Crippen MR) is 93.7 cm³/mol. The van der Waals surface area contributed by atoms with Gasteiger partial charge in [0.1, 0.15) is 0 Å². The first kappa shape index (κ1) is 16.7. The van der Waals surface area contributed by atoms with Gasteiger partial charge in [-0.2, -0.15) is 0 Å². The summed E-state index contributed by atoms with van der Waals surface area (Å²) in [7, 11) is 0. The van der Waals surface area contributed by atoms with E-state index in [0.717, 1.165) is 36.1 Å². The lowest BCUT2D eigenvalue weighted by molar-refractivity contribution is -0.118. The highest BCUT2D eigenvalue weighted by molar-refractivity contribution is 6.02. The molecule has 4 nitrogen and oxygen atoms in total. The topological polar surface area (TPSA) is 44.4 Å². The average molecular weight is 320 g/mol. The van der Waals surface area contributed by atoms with Crippen LogP contribution in [0.15, 0.2) is 42.5 Å². The normalized spacial score (nSPS) is 18.7. The summed E-state index contributed by atoms with van der Waals surface area (Å²) in [6.45, 7) is 5.42. The number of nitrogens with one attached hydrogen (secondary N) is 2. The van der Waals surface area contributed by atoms with E-state index in [2.05, 4.69) is 34.6 Å². The maximum Gasteiger partial charge on any atom is 0.238 e. The number of piperazine rings is 1. The van der Waals surface area contributed by atoms with Crippen molar-refractivity contribution in [2.24, 2.45) is 0 Å². The van der Waals surface area contributed by atoms with Crippen molar-refractivity contribution in [1.82, 2.24) is 10.2 Å². The second-order valence-electron chi connectivity index (χ2n) is 5.60. The van der Waals surface area contributed by atoms with E-state index in [1.54, 1.807) is 0 Å². The van der Waals surface area contributed by atoms with E-state index in [1.165, 1.54) is 0 Å². The molecule has 3 rings (SSSR count). The van der Waals surface area contributed by atoms with Crippen LogP contribution < -0.4 is 10.6 Å². The van der Waals surface area contributed by atoms with Gasteiger partial charge in [0.15, 0.2) is 0 Å². The van der Waals surface area contributed by atoms with Gasteiger partial charge in [-0.1, -0.05) is 36.4 Å². The molecule has 1 heterocycles. The Morgan fingerprint density at radius 3 is 2.86 bits per heavy atom. The van der Waals surface area contributed by atoms with Gasteiger partial charge in [0.05, 0.1) is 6.54 Å². The van der Waals surface area contributed by atoms with E-state index in [1.807, 2.05) is 30.3 Å². The molecule has 0 spiro atoms. The number of rotatable bonds is 3. The Balaban J connectivity index is 0.00000176. The summed E-state index contributed by atoms with van der Waals surface area (Å²) in [5, 5.41) is 8.62. The van der Waals surface area contributed by atoms with E-state index in [4.69, 9.17) is 0 Å². The SMILES string of the molecule is C[C@H]1CNCCN1CC(=O)Nc1cccc2ccccc12.Cl. The molecule has 1 saturated heterocycles. The van der Waals surface area contributed by atoms with Crippen molar-refractivity contribution in [1.29, 1.82) is 0 Å². The Kier molecular flexibility index (Phi) is 5.77. The number of amides is 1. The lowest BCUT2D eigenvalue weighted by atomic mass is 10.1. The molecule has 0 aromatic heterocycles. The minimum absolute atomic E-state index is 0. The third-order valence-electron chi connectivity index (χ3n) is 4.05. The van der Waals surface area contributed by atoms with Crippen LogP contribution in [0.5, 0.6) is 0 Å². The number of nitrogens with zero attached hydrogens (tertiary/aromatic N) is 1. The van der Waals surface area contributed by atoms with E-state index < -0.39 is 0 Å². The van der Waals surface area contributed by atoms with E-state index >= 15 is 0 Å². The molecule has 1 aliphatic heterocycles. The average Bonchev–Trinajstić information content (AvgIpc) is 2.50. The molecular weight excluding hydrogens is 298 g/mol. The first-order valence-corrected chi connectivity index (χ1v) is 7.46. The first-order valence-electron chi connectivity index (χ1n) is 7.46. The summed E-state index contributed by atoms with van der Waals surface area (Å²) in [5.41, 5.74) is 0.890. The van der Waals surface area contributed by atoms with Gasteiger partial charge in [-0.3, -0.25) is 9.69 Å². The van der Waals surface area contributed by atoms with Gasteiger partial charge in [0.2, 0.25) is 5.91 Å². The van der Waals surface area contributed by atoms with Gasteiger partial charge in [0.25, 0.3) is 0 Å². The molecule has 0 aliphatic carbocycles. The van der Waals surface area contributed by atoms with Crippen molar-refractivity contribution in [3.8, 4) is 0 Å². The number of benzene rings is 2. The zero-order valence-corrected chi connectivity index (χ0v) is 13.5. The van der Waals surface area contributed by atoms with Gasteiger partial charge in [-0.05, 0) is 18.4 Å². The van der Waals surface area contributed by atoms with Gasteiger partial charge < -0.3 is 10.6 Å². The van der Waals surface area contributed by atoms with Crippen molar-refractivity contribution in [2.75, 3.05) is 31.5 Å². The van der Waals surface area contributed by atoms with Crippen LogP contribution in [0.2, 0.25) is 0 Å². The second-order valence-corrected chi connectivity index (χ2v) is 5.60. The number of hydrogen-bond acceptors (Lipinski definition) is 3. The molecule has 1 amide bonds. The Labute approximate surface area is 137 Å². The van der Waals surface area contributed by atoms with Gasteiger partial charge in [-0.25, -0.2) is 0 Å². The van der Waals surface area contributed by atoms with Crippen LogP contribution in [-0.2, 0) is 4.79 Å². The minimum atomic E-state index is 0. The molecule has 1 fully saturated rings. The second kappa shape index (κ2) is 7.58. The smallest absolute Gasteiger partial charge is 0.238 e.